The Labute approximate surface area is 291 Å². The SMILES string of the molecule is C[Si](C)(C)c1ccc(-c2[c-]cccc2)nc1.[2H]C([2H])([2H])c1ccnc(-c2[c-]ccc3c2oc2ccc4c(c23)-c2ccccc2[Si]4(C)C)c1.[Ir]. The second-order valence-electron chi connectivity index (χ2n) is 13.1. The summed E-state index contributed by atoms with van der Waals surface area (Å²) in [6, 6.07) is 38.7. The third-order valence-electron chi connectivity index (χ3n) is 8.77. The van der Waals surface area contributed by atoms with Crippen LogP contribution in [0.3, 0.4) is 0 Å². The Morgan fingerprint density at radius 2 is 1.63 bits per heavy atom. The third kappa shape index (κ3) is 5.65. The molecule has 0 spiro atoms. The summed E-state index contributed by atoms with van der Waals surface area (Å²) < 4.78 is 29.6. The molecule has 1 aliphatic heterocycles. The first kappa shape index (κ1) is 28.3. The van der Waals surface area contributed by atoms with Crippen molar-refractivity contribution in [3.05, 3.63) is 127 Å². The van der Waals surface area contributed by atoms with E-state index in [0.29, 0.717) is 16.8 Å². The van der Waals surface area contributed by atoms with Crippen LogP contribution in [0, 0.1) is 19.0 Å². The average molecular weight is 812 g/mol. The van der Waals surface area contributed by atoms with Crippen molar-refractivity contribution in [2.24, 2.45) is 0 Å². The van der Waals surface area contributed by atoms with Crippen LogP contribution in [-0.4, -0.2) is 26.1 Å². The van der Waals surface area contributed by atoms with Gasteiger partial charge < -0.3 is 14.4 Å². The molecule has 0 fully saturated rings. The molecule has 0 bridgehead atoms. The van der Waals surface area contributed by atoms with Crippen molar-refractivity contribution in [3.8, 4) is 33.6 Å². The van der Waals surface area contributed by atoms with Crippen molar-refractivity contribution < 1.29 is 28.6 Å². The van der Waals surface area contributed by atoms with Crippen LogP contribution in [-0.2, 0) is 20.1 Å². The molecule has 3 nitrogen and oxygen atoms in total. The Balaban J connectivity index is 0.000000208. The fourth-order valence-corrected chi connectivity index (χ4v) is 10.4. The second kappa shape index (κ2) is 12.3. The number of hydrogen-bond donors (Lipinski definition) is 0. The third-order valence-corrected chi connectivity index (χ3v) is 14.3. The number of rotatable bonds is 3. The molecule has 6 heteroatoms. The van der Waals surface area contributed by atoms with E-state index in [4.69, 9.17) is 8.53 Å². The smallest absolute Gasteiger partial charge is 0.121 e. The van der Waals surface area contributed by atoms with Gasteiger partial charge in [0.25, 0.3) is 0 Å². The molecular formula is C40H36IrN2OSi2-2. The molecule has 7 aromatic rings. The fourth-order valence-electron chi connectivity index (χ4n) is 6.33. The van der Waals surface area contributed by atoms with Gasteiger partial charge >= 0.3 is 0 Å². The van der Waals surface area contributed by atoms with Crippen molar-refractivity contribution in [1.29, 1.82) is 0 Å². The first-order chi connectivity index (χ1) is 22.8. The van der Waals surface area contributed by atoms with Crippen LogP contribution in [0.15, 0.2) is 114 Å². The summed E-state index contributed by atoms with van der Waals surface area (Å²) in [5.74, 6) is 0. The minimum absolute atomic E-state index is 0. The topological polar surface area (TPSA) is 38.9 Å². The summed E-state index contributed by atoms with van der Waals surface area (Å²) in [5.41, 5.74) is 7.64. The van der Waals surface area contributed by atoms with Crippen molar-refractivity contribution in [2.45, 2.75) is 39.6 Å². The molecule has 0 aliphatic carbocycles. The number of pyridine rings is 2. The monoisotopic (exact) mass is 812 g/mol. The van der Waals surface area contributed by atoms with E-state index in [1.165, 1.54) is 39.0 Å². The number of benzene rings is 4. The van der Waals surface area contributed by atoms with Gasteiger partial charge in [-0.1, -0.05) is 97.8 Å². The van der Waals surface area contributed by atoms with Gasteiger partial charge in [0.1, 0.15) is 13.7 Å². The number of hydrogen-bond acceptors (Lipinski definition) is 3. The van der Waals surface area contributed by atoms with Gasteiger partial charge in [-0.2, -0.15) is 0 Å². The molecule has 0 saturated heterocycles. The van der Waals surface area contributed by atoms with Crippen LogP contribution in [0.2, 0.25) is 32.7 Å². The molecule has 46 heavy (non-hydrogen) atoms. The van der Waals surface area contributed by atoms with Crippen molar-refractivity contribution >= 4 is 53.6 Å². The predicted octanol–water partition coefficient (Wildman–Crippen LogP) is 8.65. The molecule has 1 aliphatic rings. The van der Waals surface area contributed by atoms with Gasteiger partial charge in [0, 0.05) is 42.0 Å². The zero-order valence-electron chi connectivity index (χ0n) is 29.5. The van der Waals surface area contributed by atoms with E-state index in [1.807, 2.05) is 42.6 Å². The van der Waals surface area contributed by atoms with Crippen LogP contribution in [0.5, 0.6) is 0 Å². The Hall–Kier alpha value is -3.94. The molecule has 231 valence electrons. The van der Waals surface area contributed by atoms with E-state index in [1.54, 1.807) is 6.07 Å². The quantitative estimate of drug-likeness (QED) is 0.133. The zero-order valence-corrected chi connectivity index (χ0v) is 30.9. The van der Waals surface area contributed by atoms with E-state index in [9.17, 15) is 0 Å². The summed E-state index contributed by atoms with van der Waals surface area (Å²) >= 11 is 0. The molecule has 0 unspecified atom stereocenters. The number of nitrogens with zero attached hydrogens (tertiary/aromatic N) is 2. The molecule has 8 rings (SSSR count). The van der Waals surface area contributed by atoms with E-state index in [-0.39, 0.29) is 25.7 Å². The van der Waals surface area contributed by atoms with E-state index in [2.05, 4.69) is 103 Å². The first-order valence-corrected chi connectivity index (χ1v) is 21.7. The van der Waals surface area contributed by atoms with E-state index >= 15 is 0 Å². The molecule has 0 N–H and O–H groups in total. The predicted molar refractivity (Wildman–Crippen MR) is 194 cm³/mol. The van der Waals surface area contributed by atoms with Crippen molar-refractivity contribution in [1.82, 2.24) is 9.97 Å². The van der Waals surface area contributed by atoms with Gasteiger partial charge in [-0.3, -0.25) is 0 Å². The Morgan fingerprint density at radius 3 is 2.37 bits per heavy atom. The van der Waals surface area contributed by atoms with Gasteiger partial charge in [-0.25, -0.2) is 0 Å². The minimum atomic E-state index is -2.19. The molecule has 1 radical (unpaired) electrons. The summed E-state index contributed by atoms with van der Waals surface area (Å²) in [7, 11) is -3.02. The number of furan rings is 1. The van der Waals surface area contributed by atoms with Crippen LogP contribution in [0.4, 0.5) is 0 Å². The maximum atomic E-state index is 7.75. The van der Waals surface area contributed by atoms with E-state index in [0.717, 1.165) is 27.6 Å². The Bertz CT molecular complexity index is 2290. The standard InChI is InChI=1S/C26H20NOSi.C14H16NSi.Ir/c1-16-13-14-27-20(15-16)17-8-6-9-19-24-21(28-26(17)19)11-12-23-25(24)18-7-4-5-10-22(18)29(23,2)3;1-16(2,3)13-9-10-14(15-11-13)12-7-5-4-6-8-12;/h4-7,9-15H,1-3H3;4-7,9-11H,1-3H3;/q2*-1;/i1D3;;. The van der Waals surface area contributed by atoms with Gasteiger partial charge in [0.05, 0.1) is 13.7 Å². The van der Waals surface area contributed by atoms with Crippen molar-refractivity contribution in [2.75, 3.05) is 0 Å². The van der Waals surface area contributed by atoms with Gasteiger partial charge in [-0.15, -0.1) is 54.1 Å². The summed E-state index contributed by atoms with van der Waals surface area (Å²) in [4.78, 5) is 8.96. The van der Waals surface area contributed by atoms with Crippen LogP contribution in [0.25, 0.3) is 55.6 Å². The minimum Gasteiger partial charge on any atom is -0.501 e. The summed E-state index contributed by atoms with van der Waals surface area (Å²) in [5, 5.41) is 6.39. The van der Waals surface area contributed by atoms with Crippen LogP contribution in [0.1, 0.15) is 9.68 Å². The van der Waals surface area contributed by atoms with E-state index < -0.39 is 23.0 Å². The molecule has 0 saturated carbocycles. The summed E-state index contributed by atoms with van der Waals surface area (Å²) in [6.45, 7) is 9.60. The average Bonchev–Trinajstić information content (AvgIpc) is 3.57. The zero-order chi connectivity index (χ0) is 33.8. The summed E-state index contributed by atoms with van der Waals surface area (Å²) in [6.07, 6.45) is 3.55. The molecule has 4 aromatic carbocycles. The fraction of sp³-hybridized carbons (Fsp3) is 0.150. The Kier molecular flexibility index (Phi) is 7.60. The molecule has 0 amide bonds. The molecule has 3 aromatic heterocycles. The second-order valence-corrected chi connectivity index (χ2v) is 22.5. The number of aryl methyl sites for hydroxylation is 1. The normalized spacial score (nSPS) is 14.2. The van der Waals surface area contributed by atoms with Gasteiger partial charge in [0.15, 0.2) is 0 Å². The number of fused-ring (bicyclic) bond motifs is 7. The van der Waals surface area contributed by atoms with Crippen LogP contribution < -0.4 is 15.6 Å². The molecule has 4 heterocycles. The van der Waals surface area contributed by atoms with Crippen molar-refractivity contribution in [3.63, 3.8) is 0 Å². The first-order valence-electron chi connectivity index (χ1n) is 16.7. The number of aromatic nitrogens is 2. The molecule has 0 atom stereocenters. The van der Waals surface area contributed by atoms with Gasteiger partial charge in [-0.05, 0) is 57.1 Å². The maximum absolute atomic E-state index is 7.75. The van der Waals surface area contributed by atoms with Gasteiger partial charge in [0.2, 0.25) is 0 Å². The molecular weight excluding hydrogens is 773 g/mol. The Morgan fingerprint density at radius 1 is 0.804 bits per heavy atom. The van der Waals surface area contributed by atoms with Crippen LogP contribution >= 0.6 is 0 Å². The maximum Gasteiger partial charge on any atom is 0.121 e. The largest absolute Gasteiger partial charge is 0.501 e.